The van der Waals surface area contributed by atoms with Gasteiger partial charge in [0.05, 0.1) is 6.61 Å². The lowest BCUT2D eigenvalue weighted by Crippen LogP contribution is -2.20. The predicted molar refractivity (Wildman–Crippen MR) is 95.8 cm³/mol. The van der Waals surface area contributed by atoms with E-state index in [1.54, 1.807) is 25.4 Å². The summed E-state index contributed by atoms with van der Waals surface area (Å²) in [6, 6.07) is 13.2. The van der Waals surface area contributed by atoms with Crippen molar-refractivity contribution in [1.82, 2.24) is 20.5 Å². The van der Waals surface area contributed by atoms with Crippen LogP contribution in [0.2, 0.25) is 0 Å². The third-order valence-corrected chi connectivity index (χ3v) is 3.60. The number of hydrogen-bond donors (Lipinski definition) is 2. The van der Waals surface area contributed by atoms with E-state index in [9.17, 15) is 4.79 Å². The van der Waals surface area contributed by atoms with E-state index in [0.29, 0.717) is 24.7 Å². The van der Waals surface area contributed by atoms with E-state index in [-0.39, 0.29) is 5.91 Å². The first kappa shape index (κ1) is 16.6. The number of nitrogens with zero attached hydrogens (tertiary/aromatic N) is 3. The molecule has 0 radical (unpaired) electrons. The summed E-state index contributed by atoms with van der Waals surface area (Å²) in [5, 5.41) is 14.6. The Hall–Kier alpha value is -3.22. The van der Waals surface area contributed by atoms with E-state index in [2.05, 4.69) is 25.8 Å². The second-order valence-corrected chi connectivity index (χ2v) is 5.34. The maximum atomic E-state index is 11.4. The van der Waals surface area contributed by atoms with E-state index >= 15 is 0 Å². The molecule has 1 amide bonds. The number of carbonyl (C=O) groups excluding carboxylic acids is 1. The van der Waals surface area contributed by atoms with Crippen LogP contribution in [0.5, 0.6) is 5.75 Å². The zero-order chi connectivity index (χ0) is 17.5. The Bertz CT molecular complexity index is 846. The van der Waals surface area contributed by atoms with Gasteiger partial charge in [0.2, 0.25) is 0 Å². The first-order chi connectivity index (χ1) is 12.3. The van der Waals surface area contributed by atoms with Gasteiger partial charge in [0, 0.05) is 25.2 Å². The van der Waals surface area contributed by atoms with Crippen molar-refractivity contribution in [2.75, 3.05) is 25.5 Å². The molecule has 128 valence electrons. The lowest BCUT2D eigenvalue weighted by molar-refractivity contribution is 0.0957. The van der Waals surface area contributed by atoms with Gasteiger partial charge in [-0.3, -0.25) is 9.78 Å². The van der Waals surface area contributed by atoms with Gasteiger partial charge in [0.25, 0.3) is 5.91 Å². The molecule has 0 aliphatic carbocycles. The maximum Gasteiger partial charge on any atom is 0.271 e. The Morgan fingerprint density at radius 3 is 2.80 bits per heavy atom. The highest BCUT2D eigenvalue weighted by Gasteiger charge is 2.05. The average molecular weight is 337 g/mol. The number of carbonyl (C=O) groups is 1. The van der Waals surface area contributed by atoms with Crippen LogP contribution in [0.1, 0.15) is 16.9 Å². The highest BCUT2D eigenvalue weighted by molar-refractivity contribution is 5.91. The fourth-order valence-electron chi connectivity index (χ4n) is 2.34. The summed E-state index contributed by atoms with van der Waals surface area (Å²) in [5.41, 5.74) is 1.16. The zero-order valence-corrected chi connectivity index (χ0v) is 13.9. The minimum atomic E-state index is -0.254. The molecule has 3 aromatic rings. The third-order valence-electron chi connectivity index (χ3n) is 3.60. The number of pyridine rings is 1. The summed E-state index contributed by atoms with van der Waals surface area (Å²) >= 11 is 0. The molecular weight excluding hydrogens is 318 g/mol. The number of aromatic nitrogens is 3. The summed E-state index contributed by atoms with van der Waals surface area (Å²) in [5.74, 6) is 1.16. The average Bonchev–Trinajstić information content (AvgIpc) is 2.67. The summed E-state index contributed by atoms with van der Waals surface area (Å²) in [6.07, 6.45) is 2.56. The van der Waals surface area contributed by atoms with E-state index in [1.165, 1.54) is 0 Å². The SMILES string of the molecule is CNC(=O)c1ccc(NCCCOc2cccc3cccnc23)nn1. The van der Waals surface area contributed by atoms with E-state index in [1.807, 2.05) is 30.3 Å². The van der Waals surface area contributed by atoms with Crippen LogP contribution < -0.4 is 15.4 Å². The van der Waals surface area contributed by atoms with Crippen LogP contribution in [0.25, 0.3) is 10.9 Å². The van der Waals surface area contributed by atoms with Gasteiger partial charge < -0.3 is 15.4 Å². The molecular formula is C18H19N5O2. The second kappa shape index (κ2) is 8.05. The fourth-order valence-corrected chi connectivity index (χ4v) is 2.34. The van der Waals surface area contributed by atoms with Crippen LogP contribution in [0, 0.1) is 0 Å². The second-order valence-electron chi connectivity index (χ2n) is 5.34. The number of anilines is 1. The number of fused-ring (bicyclic) bond motifs is 1. The number of rotatable bonds is 7. The van der Waals surface area contributed by atoms with Gasteiger partial charge in [-0.05, 0) is 30.7 Å². The zero-order valence-electron chi connectivity index (χ0n) is 13.9. The molecule has 0 spiro atoms. The predicted octanol–water partition coefficient (Wildman–Crippen LogP) is 2.27. The maximum absolute atomic E-state index is 11.4. The third kappa shape index (κ3) is 4.20. The van der Waals surface area contributed by atoms with E-state index < -0.39 is 0 Å². The molecule has 0 bridgehead atoms. The Morgan fingerprint density at radius 2 is 2.00 bits per heavy atom. The number of hydrogen-bond acceptors (Lipinski definition) is 6. The molecule has 0 aliphatic rings. The first-order valence-electron chi connectivity index (χ1n) is 8.04. The number of amides is 1. The van der Waals surface area contributed by atoms with Crippen molar-refractivity contribution in [3.05, 3.63) is 54.4 Å². The highest BCUT2D eigenvalue weighted by atomic mass is 16.5. The lowest BCUT2D eigenvalue weighted by Gasteiger charge is -2.09. The molecule has 0 aliphatic heterocycles. The smallest absolute Gasteiger partial charge is 0.271 e. The molecule has 0 atom stereocenters. The quantitative estimate of drug-likeness (QED) is 0.643. The molecule has 25 heavy (non-hydrogen) atoms. The van der Waals surface area contributed by atoms with Gasteiger partial charge in [0.1, 0.15) is 17.1 Å². The number of nitrogens with one attached hydrogen (secondary N) is 2. The first-order valence-corrected chi connectivity index (χ1v) is 8.04. The van der Waals surface area contributed by atoms with Crippen LogP contribution in [0.15, 0.2) is 48.7 Å². The van der Waals surface area contributed by atoms with Gasteiger partial charge in [-0.25, -0.2) is 0 Å². The molecule has 7 nitrogen and oxygen atoms in total. The van der Waals surface area contributed by atoms with Gasteiger partial charge in [-0.15, -0.1) is 10.2 Å². The Kier molecular flexibility index (Phi) is 5.36. The van der Waals surface area contributed by atoms with Gasteiger partial charge in [-0.2, -0.15) is 0 Å². The molecule has 2 N–H and O–H groups in total. The largest absolute Gasteiger partial charge is 0.491 e. The summed E-state index contributed by atoms with van der Waals surface area (Å²) in [6.45, 7) is 1.25. The van der Waals surface area contributed by atoms with E-state index in [0.717, 1.165) is 23.1 Å². The van der Waals surface area contributed by atoms with Crippen LogP contribution in [0.4, 0.5) is 5.82 Å². The molecule has 2 heterocycles. The fraction of sp³-hybridized carbons (Fsp3) is 0.222. The molecule has 0 unspecified atom stereocenters. The molecule has 1 aromatic carbocycles. The van der Waals surface area contributed by atoms with Crippen molar-refractivity contribution in [2.24, 2.45) is 0 Å². The minimum Gasteiger partial charge on any atom is -0.491 e. The van der Waals surface area contributed by atoms with Crippen molar-refractivity contribution >= 4 is 22.6 Å². The molecule has 3 rings (SSSR count). The van der Waals surface area contributed by atoms with Gasteiger partial charge in [-0.1, -0.05) is 18.2 Å². The summed E-state index contributed by atoms with van der Waals surface area (Å²) < 4.78 is 5.83. The van der Waals surface area contributed by atoms with Crippen molar-refractivity contribution in [2.45, 2.75) is 6.42 Å². The van der Waals surface area contributed by atoms with Crippen LogP contribution in [-0.4, -0.2) is 41.3 Å². The Labute approximate surface area is 145 Å². The molecule has 0 fully saturated rings. The molecule has 2 aromatic heterocycles. The Balaban J connectivity index is 1.46. The van der Waals surface area contributed by atoms with Crippen molar-refractivity contribution in [3.63, 3.8) is 0 Å². The highest BCUT2D eigenvalue weighted by Crippen LogP contribution is 2.22. The van der Waals surface area contributed by atoms with Gasteiger partial charge in [0.15, 0.2) is 5.69 Å². The van der Waals surface area contributed by atoms with Crippen LogP contribution >= 0.6 is 0 Å². The lowest BCUT2D eigenvalue weighted by atomic mass is 10.2. The van der Waals surface area contributed by atoms with Crippen molar-refractivity contribution in [3.8, 4) is 5.75 Å². The molecule has 0 saturated carbocycles. The minimum absolute atomic E-state index is 0.254. The van der Waals surface area contributed by atoms with Crippen LogP contribution in [0.3, 0.4) is 0 Å². The topological polar surface area (TPSA) is 89.0 Å². The van der Waals surface area contributed by atoms with Crippen molar-refractivity contribution < 1.29 is 9.53 Å². The summed E-state index contributed by atoms with van der Waals surface area (Å²) in [7, 11) is 1.56. The van der Waals surface area contributed by atoms with Crippen molar-refractivity contribution in [1.29, 1.82) is 0 Å². The summed E-state index contributed by atoms with van der Waals surface area (Å²) in [4.78, 5) is 15.8. The number of para-hydroxylation sites is 1. The number of ether oxygens (including phenoxy) is 1. The Morgan fingerprint density at radius 1 is 1.12 bits per heavy atom. The van der Waals surface area contributed by atoms with E-state index in [4.69, 9.17) is 4.74 Å². The standard InChI is InChI=1S/C18H19N5O2/c1-19-18(24)14-8-9-16(23-22-14)20-11-4-12-25-15-7-2-5-13-6-3-10-21-17(13)15/h2-3,5-10H,4,11-12H2,1H3,(H,19,24)(H,20,23). The van der Waals surface area contributed by atoms with Crippen LogP contribution in [-0.2, 0) is 0 Å². The monoisotopic (exact) mass is 337 g/mol. The molecule has 0 saturated heterocycles. The normalized spacial score (nSPS) is 10.4. The number of benzene rings is 1. The molecule has 7 heteroatoms. The van der Waals surface area contributed by atoms with Gasteiger partial charge >= 0.3 is 0 Å².